The minimum Gasteiger partial charge on any atom is -0.496 e. The highest BCUT2D eigenvalue weighted by Gasteiger charge is 2.23. The number of carbonyl (C=O) groups excluding carboxylic acids is 1. The summed E-state index contributed by atoms with van der Waals surface area (Å²) in [5.74, 6) is -0.0743. The number of aromatic nitrogens is 2. The Kier molecular flexibility index (Phi) is 7.87. The number of nitrogens with one attached hydrogen (secondary N) is 2. The van der Waals surface area contributed by atoms with E-state index in [4.69, 9.17) is 14.2 Å². The number of hydrogen-bond acceptors (Lipinski definition) is 8. The van der Waals surface area contributed by atoms with Crippen molar-refractivity contribution in [2.45, 2.75) is 6.54 Å². The third-order valence-corrected chi connectivity index (χ3v) is 6.14. The van der Waals surface area contributed by atoms with Gasteiger partial charge in [0.25, 0.3) is 5.91 Å². The van der Waals surface area contributed by atoms with Crippen molar-refractivity contribution in [1.82, 2.24) is 14.9 Å². The first-order chi connectivity index (χ1) is 17.5. The zero-order chi connectivity index (χ0) is 25.7. The van der Waals surface area contributed by atoms with E-state index in [0.29, 0.717) is 67.8 Å². The summed E-state index contributed by atoms with van der Waals surface area (Å²) in [5, 5.41) is 13.5. The van der Waals surface area contributed by atoms with Crippen LogP contribution in [0.3, 0.4) is 0 Å². The van der Waals surface area contributed by atoms with Crippen LogP contribution in [0.25, 0.3) is 11.0 Å². The largest absolute Gasteiger partial charge is 0.496 e. The first-order valence-corrected chi connectivity index (χ1v) is 11.6. The second-order valence-electron chi connectivity index (χ2n) is 8.38. The number of halogens is 1. The number of likely N-dealkylation sites (N-methyl/N-ethyl adjacent to an activating group) is 1. The van der Waals surface area contributed by atoms with Gasteiger partial charge in [0.05, 0.1) is 49.1 Å². The molecular weight excluding hydrogens is 467 g/mol. The maximum absolute atomic E-state index is 15.0. The van der Waals surface area contributed by atoms with Crippen molar-refractivity contribution in [3.05, 3.63) is 46.9 Å². The zero-order valence-corrected chi connectivity index (χ0v) is 20.6. The summed E-state index contributed by atoms with van der Waals surface area (Å²) >= 11 is 0. The monoisotopic (exact) mass is 496 g/mol. The molecule has 0 spiro atoms. The molecule has 4 rings (SSSR count). The summed E-state index contributed by atoms with van der Waals surface area (Å²) in [6.07, 6.45) is 1.62. The molecule has 1 aliphatic rings. The van der Waals surface area contributed by atoms with Gasteiger partial charge in [0, 0.05) is 58.2 Å². The number of fused-ring (bicyclic) bond motifs is 1. The van der Waals surface area contributed by atoms with Crippen molar-refractivity contribution >= 4 is 28.4 Å². The van der Waals surface area contributed by atoms with Crippen molar-refractivity contribution in [3.63, 3.8) is 0 Å². The number of H-pyrrole nitrogens is 1. The summed E-state index contributed by atoms with van der Waals surface area (Å²) in [6, 6.07) is 6.78. The minimum absolute atomic E-state index is 0.0329. The topological polar surface area (TPSA) is 116 Å². The Bertz CT molecular complexity index is 1280. The Morgan fingerprint density at radius 2 is 2.11 bits per heavy atom. The van der Waals surface area contributed by atoms with Gasteiger partial charge in [0.15, 0.2) is 0 Å². The quantitative estimate of drug-likeness (QED) is 0.465. The predicted octanol–water partition coefficient (Wildman–Crippen LogP) is 2.75. The van der Waals surface area contributed by atoms with Gasteiger partial charge in [-0.05, 0) is 12.1 Å². The molecule has 0 unspecified atom stereocenters. The first-order valence-electron chi connectivity index (χ1n) is 11.6. The fourth-order valence-electron chi connectivity index (χ4n) is 4.15. The molecule has 1 amide bonds. The number of nitriles is 1. The van der Waals surface area contributed by atoms with E-state index in [0.717, 1.165) is 11.1 Å². The molecule has 2 N–H and O–H groups in total. The van der Waals surface area contributed by atoms with E-state index in [1.807, 2.05) is 18.0 Å². The summed E-state index contributed by atoms with van der Waals surface area (Å²) < 4.78 is 30.9. The molecule has 1 aliphatic heterocycles. The number of carbonyl (C=O) groups is 1. The fraction of sp³-hybridized carbons (Fsp3) is 0.400. The van der Waals surface area contributed by atoms with E-state index in [1.165, 1.54) is 19.2 Å². The van der Waals surface area contributed by atoms with Gasteiger partial charge in [-0.15, -0.1) is 0 Å². The van der Waals surface area contributed by atoms with Crippen LogP contribution in [-0.4, -0.2) is 81.5 Å². The van der Waals surface area contributed by atoms with E-state index >= 15 is 4.39 Å². The zero-order valence-electron chi connectivity index (χ0n) is 20.6. The highest BCUT2D eigenvalue weighted by Crippen LogP contribution is 2.31. The van der Waals surface area contributed by atoms with E-state index in [1.54, 1.807) is 18.2 Å². The molecule has 0 bridgehead atoms. The average molecular weight is 497 g/mol. The molecule has 10 nitrogen and oxygen atoms in total. The van der Waals surface area contributed by atoms with Gasteiger partial charge in [-0.3, -0.25) is 4.79 Å². The van der Waals surface area contributed by atoms with Crippen molar-refractivity contribution in [3.8, 4) is 11.8 Å². The van der Waals surface area contributed by atoms with Crippen LogP contribution in [0.15, 0.2) is 24.4 Å². The molecular formula is C25H29FN6O4. The van der Waals surface area contributed by atoms with Crippen LogP contribution in [0.1, 0.15) is 21.5 Å². The summed E-state index contributed by atoms with van der Waals surface area (Å²) in [4.78, 5) is 24.0. The van der Waals surface area contributed by atoms with Gasteiger partial charge in [0.1, 0.15) is 29.1 Å². The van der Waals surface area contributed by atoms with E-state index in [2.05, 4.69) is 21.4 Å². The Balaban J connectivity index is 1.59. The van der Waals surface area contributed by atoms with Gasteiger partial charge in [-0.1, -0.05) is 0 Å². The summed E-state index contributed by atoms with van der Waals surface area (Å²) in [6.45, 7) is 3.05. The third-order valence-electron chi connectivity index (χ3n) is 6.14. The number of benzene rings is 1. The second kappa shape index (κ2) is 11.2. The van der Waals surface area contributed by atoms with Gasteiger partial charge < -0.3 is 34.3 Å². The number of hydrogen-bond donors (Lipinski definition) is 2. The lowest BCUT2D eigenvalue weighted by Crippen LogP contribution is -2.41. The van der Waals surface area contributed by atoms with Crippen LogP contribution in [0, 0.1) is 17.1 Å². The third kappa shape index (κ3) is 5.19. The molecule has 36 heavy (non-hydrogen) atoms. The Hall–Kier alpha value is -3.88. The molecule has 0 radical (unpaired) electrons. The molecule has 11 heteroatoms. The molecule has 0 saturated carbocycles. The number of anilines is 2. The molecule has 2 aromatic heterocycles. The van der Waals surface area contributed by atoms with E-state index in [-0.39, 0.29) is 18.0 Å². The molecule has 3 aromatic rings. The predicted molar refractivity (Wildman–Crippen MR) is 133 cm³/mol. The summed E-state index contributed by atoms with van der Waals surface area (Å²) in [7, 11) is 5.02. The Morgan fingerprint density at radius 3 is 2.81 bits per heavy atom. The van der Waals surface area contributed by atoms with Crippen LogP contribution in [0.2, 0.25) is 0 Å². The Labute approximate surface area is 208 Å². The van der Waals surface area contributed by atoms with Gasteiger partial charge in [-0.2, -0.15) is 5.26 Å². The van der Waals surface area contributed by atoms with Crippen LogP contribution in [0.5, 0.6) is 5.75 Å². The number of aromatic amines is 1. The maximum atomic E-state index is 15.0. The number of rotatable bonds is 9. The highest BCUT2D eigenvalue weighted by molar-refractivity contribution is 5.97. The maximum Gasteiger partial charge on any atom is 0.257 e. The lowest BCUT2D eigenvalue weighted by molar-refractivity contribution is 0.0299. The first kappa shape index (κ1) is 25.2. The lowest BCUT2D eigenvalue weighted by atomic mass is 10.1. The number of nitrogens with zero attached hydrogens (tertiary/aromatic N) is 4. The standard InChI is InChI=1S/C25H29FN6O4/c1-31(4-7-34-2)20-12-22(30-24-23(20)17(13-27)15-29-24)28-14-16-10-19(26)18(11-21(16)35-3)25(33)32-5-8-36-9-6-32/h10-12,15H,4-9,14H2,1-3H3,(H2,28,29,30). The van der Waals surface area contributed by atoms with E-state index in [9.17, 15) is 10.1 Å². The molecule has 0 atom stereocenters. The smallest absolute Gasteiger partial charge is 0.257 e. The van der Waals surface area contributed by atoms with Crippen molar-refractivity contribution < 1.29 is 23.4 Å². The van der Waals surface area contributed by atoms with Crippen LogP contribution in [0.4, 0.5) is 15.9 Å². The van der Waals surface area contributed by atoms with Crippen molar-refractivity contribution in [2.24, 2.45) is 0 Å². The van der Waals surface area contributed by atoms with Crippen LogP contribution < -0.4 is 15.0 Å². The van der Waals surface area contributed by atoms with Crippen LogP contribution >= 0.6 is 0 Å². The fourth-order valence-corrected chi connectivity index (χ4v) is 4.15. The number of ether oxygens (including phenoxy) is 3. The number of methoxy groups -OCH3 is 2. The summed E-state index contributed by atoms with van der Waals surface area (Å²) in [5.41, 5.74) is 2.36. The second-order valence-corrected chi connectivity index (χ2v) is 8.38. The Morgan fingerprint density at radius 1 is 1.33 bits per heavy atom. The number of morpholine rings is 1. The highest BCUT2D eigenvalue weighted by atomic mass is 19.1. The number of amides is 1. The molecule has 1 saturated heterocycles. The molecule has 1 fully saturated rings. The van der Waals surface area contributed by atoms with Crippen molar-refractivity contribution in [2.75, 3.05) is 70.9 Å². The normalized spacial score (nSPS) is 13.5. The molecule has 1 aromatic carbocycles. The SMILES string of the molecule is COCCN(C)c1cc(NCc2cc(F)c(C(=O)N3CCOCC3)cc2OC)nc2[nH]cc(C#N)c12. The molecule has 0 aliphatic carbocycles. The van der Waals surface area contributed by atoms with Gasteiger partial charge in [-0.25, -0.2) is 9.37 Å². The molecule has 3 heterocycles. The van der Waals surface area contributed by atoms with Crippen molar-refractivity contribution in [1.29, 1.82) is 5.26 Å². The van der Waals surface area contributed by atoms with Gasteiger partial charge in [0.2, 0.25) is 0 Å². The van der Waals surface area contributed by atoms with Crippen LogP contribution in [-0.2, 0) is 16.0 Å². The molecule has 190 valence electrons. The van der Waals surface area contributed by atoms with E-state index < -0.39 is 5.82 Å². The lowest BCUT2D eigenvalue weighted by Gasteiger charge is -2.27. The average Bonchev–Trinajstić information content (AvgIpc) is 3.33. The minimum atomic E-state index is -0.615. The number of pyridine rings is 1. The van der Waals surface area contributed by atoms with Gasteiger partial charge >= 0.3 is 0 Å².